The van der Waals surface area contributed by atoms with Crippen molar-refractivity contribution in [2.45, 2.75) is 46.1 Å². The van der Waals surface area contributed by atoms with Gasteiger partial charge in [0.15, 0.2) is 0 Å². The van der Waals surface area contributed by atoms with Crippen LogP contribution in [0.1, 0.15) is 40.0 Å². The van der Waals surface area contributed by atoms with Crippen molar-refractivity contribution in [3.05, 3.63) is 12.3 Å². The average Bonchev–Trinajstić information content (AvgIpc) is 2.69. The number of rotatable bonds is 10. The lowest BCUT2D eigenvalue weighted by atomic mass is 10.0. The van der Waals surface area contributed by atoms with Crippen LogP contribution in [0.25, 0.3) is 0 Å². The van der Waals surface area contributed by atoms with Gasteiger partial charge in [0.1, 0.15) is 5.76 Å². The number of hydrogen-bond donors (Lipinski definition) is 0. The summed E-state index contributed by atoms with van der Waals surface area (Å²) < 4.78 is 22.4. The van der Waals surface area contributed by atoms with E-state index in [1.807, 2.05) is 20.8 Å². The van der Waals surface area contributed by atoms with Crippen molar-refractivity contribution in [1.29, 1.82) is 0 Å². The fourth-order valence-corrected chi connectivity index (χ4v) is 5.06. The molecule has 1 atom stereocenters. The smallest absolute Gasteiger partial charge is 0.431 e. The molecule has 20 heavy (non-hydrogen) atoms. The lowest BCUT2D eigenvalue weighted by Crippen LogP contribution is -2.45. The first-order valence-corrected chi connectivity index (χ1v) is 9.31. The van der Waals surface area contributed by atoms with Gasteiger partial charge >= 0.3 is 14.8 Å². The maximum atomic E-state index is 11.2. The van der Waals surface area contributed by atoms with Gasteiger partial charge in [-0.3, -0.25) is 4.79 Å². The molecule has 0 aliphatic carbocycles. The first-order valence-electron chi connectivity index (χ1n) is 7.38. The molecule has 0 aromatic carbocycles. The Morgan fingerprint density at radius 2 is 1.75 bits per heavy atom. The van der Waals surface area contributed by atoms with E-state index >= 15 is 0 Å². The molecule has 0 spiro atoms. The Morgan fingerprint density at radius 3 is 2.15 bits per heavy atom. The predicted molar refractivity (Wildman–Crippen MR) is 78.0 cm³/mol. The Labute approximate surface area is 122 Å². The summed E-state index contributed by atoms with van der Waals surface area (Å²) in [5, 5.41) is 0. The van der Waals surface area contributed by atoms with E-state index in [9.17, 15) is 4.79 Å². The standard InChI is InChI=1S/C14H26O5Si/c1-5-16-20(17-6-2,18-7-3)10-8-9-13-11-14(15)19-12(13)4/h13H,4-11H2,1-3H3. The quantitative estimate of drug-likeness (QED) is 0.459. The third-order valence-electron chi connectivity index (χ3n) is 3.24. The van der Waals surface area contributed by atoms with Gasteiger partial charge in [-0.2, -0.15) is 0 Å². The zero-order valence-corrected chi connectivity index (χ0v) is 13.8. The van der Waals surface area contributed by atoms with Crippen LogP contribution in [0.15, 0.2) is 12.3 Å². The third-order valence-corrected chi connectivity index (χ3v) is 6.39. The van der Waals surface area contributed by atoms with Crippen LogP contribution >= 0.6 is 0 Å². The highest BCUT2D eigenvalue weighted by Crippen LogP contribution is 2.30. The molecule has 0 amide bonds. The molecule has 1 fully saturated rings. The van der Waals surface area contributed by atoms with Gasteiger partial charge in [0.25, 0.3) is 0 Å². The number of carbonyl (C=O) groups is 1. The van der Waals surface area contributed by atoms with E-state index in [0.29, 0.717) is 32.0 Å². The summed E-state index contributed by atoms with van der Waals surface area (Å²) in [7, 11) is -2.56. The minimum Gasteiger partial charge on any atom is -0.431 e. The molecule has 0 N–H and O–H groups in total. The number of allylic oxidation sites excluding steroid dienone is 1. The second-order valence-electron chi connectivity index (χ2n) is 4.72. The van der Waals surface area contributed by atoms with Gasteiger partial charge in [-0.1, -0.05) is 6.58 Å². The van der Waals surface area contributed by atoms with Crippen LogP contribution in [0, 0.1) is 5.92 Å². The molecule has 0 aromatic rings. The monoisotopic (exact) mass is 302 g/mol. The fraction of sp³-hybridized carbons (Fsp3) is 0.786. The normalized spacial score (nSPS) is 19.4. The zero-order valence-electron chi connectivity index (χ0n) is 12.8. The Bertz CT molecular complexity index is 315. The second kappa shape index (κ2) is 8.56. The van der Waals surface area contributed by atoms with Crippen molar-refractivity contribution in [2.24, 2.45) is 5.92 Å². The molecule has 1 rings (SSSR count). The van der Waals surface area contributed by atoms with Crippen molar-refractivity contribution >= 4 is 14.8 Å². The minimum absolute atomic E-state index is 0.124. The lowest BCUT2D eigenvalue weighted by molar-refractivity contribution is -0.135. The van der Waals surface area contributed by atoms with Gasteiger partial charge in [0, 0.05) is 31.8 Å². The van der Waals surface area contributed by atoms with Crippen LogP contribution in [0.3, 0.4) is 0 Å². The Kier molecular flexibility index (Phi) is 7.43. The fourth-order valence-electron chi connectivity index (χ4n) is 2.42. The molecule has 1 unspecified atom stereocenters. The molecule has 6 heteroatoms. The van der Waals surface area contributed by atoms with E-state index < -0.39 is 8.80 Å². The molecule has 116 valence electrons. The summed E-state index contributed by atoms with van der Waals surface area (Å²) in [6, 6.07) is 0.764. The van der Waals surface area contributed by atoms with Crippen LogP contribution in [0.2, 0.25) is 6.04 Å². The van der Waals surface area contributed by atoms with Crippen LogP contribution in [0.5, 0.6) is 0 Å². The van der Waals surface area contributed by atoms with E-state index in [1.165, 1.54) is 0 Å². The number of hydrogen-bond acceptors (Lipinski definition) is 5. The highest BCUT2D eigenvalue weighted by atomic mass is 28.4. The van der Waals surface area contributed by atoms with Gasteiger partial charge in [0.2, 0.25) is 0 Å². The van der Waals surface area contributed by atoms with E-state index in [-0.39, 0.29) is 11.9 Å². The van der Waals surface area contributed by atoms with E-state index in [2.05, 4.69) is 6.58 Å². The highest BCUT2D eigenvalue weighted by Gasteiger charge is 2.40. The average molecular weight is 302 g/mol. The second-order valence-corrected chi connectivity index (χ2v) is 7.45. The molecular formula is C14H26O5Si. The molecule has 0 saturated carbocycles. The Hall–Kier alpha value is -0.693. The molecule has 0 aromatic heterocycles. The van der Waals surface area contributed by atoms with Gasteiger partial charge in [-0.15, -0.1) is 0 Å². The molecule has 1 saturated heterocycles. The maximum absolute atomic E-state index is 11.2. The molecule has 0 bridgehead atoms. The van der Waals surface area contributed by atoms with Crippen molar-refractivity contribution in [2.75, 3.05) is 19.8 Å². The Balaban J connectivity index is 2.48. The molecule has 1 aliphatic heterocycles. The van der Waals surface area contributed by atoms with E-state index in [0.717, 1.165) is 18.9 Å². The van der Waals surface area contributed by atoms with Crippen molar-refractivity contribution in [1.82, 2.24) is 0 Å². The summed E-state index contributed by atoms with van der Waals surface area (Å²) in [5.74, 6) is 0.536. The maximum Gasteiger partial charge on any atom is 0.500 e. The van der Waals surface area contributed by atoms with Gasteiger partial charge in [0.05, 0.1) is 6.42 Å². The number of cyclic esters (lactones) is 1. The highest BCUT2D eigenvalue weighted by molar-refractivity contribution is 6.60. The SMILES string of the molecule is C=C1OC(=O)CC1CCC[Si](OCC)(OCC)OCC. The largest absolute Gasteiger partial charge is 0.500 e. The minimum atomic E-state index is -2.56. The van der Waals surface area contributed by atoms with Crippen molar-refractivity contribution in [3.8, 4) is 0 Å². The number of ether oxygens (including phenoxy) is 1. The first-order chi connectivity index (χ1) is 9.56. The van der Waals surface area contributed by atoms with Crippen LogP contribution < -0.4 is 0 Å². The predicted octanol–water partition coefficient (Wildman–Crippen LogP) is 2.89. The van der Waals surface area contributed by atoms with Gasteiger partial charge in [-0.05, 0) is 33.6 Å². The molecule has 1 aliphatic rings. The summed E-state index contributed by atoms with van der Waals surface area (Å²) in [6.07, 6.45) is 2.17. The van der Waals surface area contributed by atoms with E-state index in [1.54, 1.807) is 0 Å². The summed E-state index contributed by atoms with van der Waals surface area (Å²) in [4.78, 5) is 11.2. The molecule has 1 heterocycles. The van der Waals surface area contributed by atoms with Crippen molar-refractivity contribution in [3.63, 3.8) is 0 Å². The van der Waals surface area contributed by atoms with Crippen LogP contribution in [0.4, 0.5) is 0 Å². The molecular weight excluding hydrogens is 276 g/mol. The van der Waals surface area contributed by atoms with E-state index in [4.69, 9.17) is 18.0 Å². The first kappa shape index (κ1) is 17.4. The Morgan fingerprint density at radius 1 is 1.20 bits per heavy atom. The molecule has 5 nitrogen and oxygen atoms in total. The van der Waals surface area contributed by atoms with Crippen LogP contribution in [-0.4, -0.2) is 34.6 Å². The summed E-state index contributed by atoms with van der Waals surface area (Å²) >= 11 is 0. The third kappa shape index (κ3) is 5.01. The summed E-state index contributed by atoms with van der Waals surface area (Å²) in [5.41, 5.74) is 0. The zero-order chi connectivity index (χ0) is 15.0. The van der Waals surface area contributed by atoms with Crippen LogP contribution in [-0.2, 0) is 22.8 Å². The van der Waals surface area contributed by atoms with Gasteiger partial charge < -0.3 is 18.0 Å². The number of esters is 1. The summed E-state index contributed by atoms with van der Waals surface area (Å²) in [6.45, 7) is 11.4. The van der Waals surface area contributed by atoms with Crippen molar-refractivity contribution < 1.29 is 22.8 Å². The lowest BCUT2D eigenvalue weighted by Gasteiger charge is -2.28. The topological polar surface area (TPSA) is 54.0 Å². The molecule has 0 radical (unpaired) electrons. The number of carbonyl (C=O) groups excluding carboxylic acids is 1. The van der Waals surface area contributed by atoms with Gasteiger partial charge in [-0.25, -0.2) is 0 Å².